The minimum atomic E-state index is -1.15. The van der Waals surface area contributed by atoms with Gasteiger partial charge in [0.1, 0.15) is 5.82 Å². The van der Waals surface area contributed by atoms with Gasteiger partial charge in [0.15, 0.2) is 5.16 Å². The van der Waals surface area contributed by atoms with Crippen LogP contribution in [0.3, 0.4) is 0 Å². The Morgan fingerprint density at radius 2 is 2.04 bits per heavy atom. The standard InChI is InChI=1S/C20H25N3O2S/c1-3-17-12-18(23-11-5-4-6-14(23)2)22-20(21-17)26-13-15-7-9-16(10-8-15)19(24)25/h7-10,12,14H,3-6,11,13H2,1-2H3,(H,24,25)/p-1/t14-/m1/s1. The molecule has 0 bridgehead atoms. The Kier molecular flexibility index (Phi) is 6.14. The molecule has 0 amide bonds. The van der Waals surface area contributed by atoms with Gasteiger partial charge < -0.3 is 14.8 Å². The number of carbonyl (C=O) groups excluding carboxylic acids is 1. The molecule has 0 spiro atoms. The van der Waals surface area contributed by atoms with Crippen LogP contribution in [-0.2, 0) is 12.2 Å². The quantitative estimate of drug-likeness (QED) is 0.575. The number of carboxylic acid groups (broad SMARTS) is 1. The van der Waals surface area contributed by atoms with E-state index >= 15 is 0 Å². The number of hydrogen-bond acceptors (Lipinski definition) is 6. The fraction of sp³-hybridized carbons (Fsp3) is 0.450. The average molecular weight is 370 g/mol. The molecule has 1 atom stereocenters. The highest BCUT2D eigenvalue weighted by Crippen LogP contribution is 2.27. The second kappa shape index (κ2) is 8.54. The number of aryl methyl sites for hydroxylation is 1. The second-order valence-corrected chi connectivity index (χ2v) is 7.61. The van der Waals surface area contributed by atoms with E-state index in [1.54, 1.807) is 23.9 Å². The van der Waals surface area contributed by atoms with Crippen molar-refractivity contribution >= 4 is 23.5 Å². The summed E-state index contributed by atoms with van der Waals surface area (Å²) in [5, 5.41) is 11.6. The smallest absolute Gasteiger partial charge is 0.190 e. The van der Waals surface area contributed by atoms with Crippen molar-refractivity contribution in [1.82, 2.24) is 9.97 Å². The van der Waals surface area contributed by atoms with E-state index in [2.05, 4.69) is 29.8 Å². The number of piperidine rings is 1. The van der Waals surface area contributed by atoms with Crippen LogP contribution >= 0.6 is 11.8 Å². The third-order valence-electron chi connectivity index (χ3n) is 4.76. The Morgan fingerprint density at radius 3 is 2.69 bits per heavy atom. The predicted molar refractivity (Wildman–Crippen MR) is 102 cm³/mol. The fourth-order valence-corrected chi connectivity index (χ4v) is 4.00. The van der Waals surface area contributed by atoms with Crippen molar-refractivity contribution in [1.29, 1.82) is 0 Å². The first kappa shape index (κ1) is 18.7. The Balaban J connectivity index is 1.74. The Morgan fingerprint density at radius 1 is 1.27 bits per heavy atom. The van der Waals surface area contributed by atoms with Gasteiger partial charge in [0, 0.05) is 30.1 Å². The van der Waals surface area contributed by atoms with Crippen LogP contribution in [0.4, 0.5) is 5.82 Å². The number of rotatable bonds is 6. The molecular weight excluding hydrogens is 346 g/mol. The maximum absolute atomic E-state index is 10.8. The molecule has 26 heavy (non-hydrogen) atoms. The number of nitrogens with zero attached hydrogens (tertiary/aromatic N) is 3. The maximum atomic E-state index is 10.8. The highest BCUT2D eigenvalue weighted by molar-refractivity contribution is 7.98. The fourth-order valence-electron chi connectivity index (χ4n) is 3.18. The molecule has 5 nitrogen and oxygen atoms in total. The Hall–Kier alpha value is -2.08. The van der Waals surface area contributed by atoms with E-state index in [4.69, 9.17) is 4.98 Å². The number of hydrogen-bond donors (Lipinski definition) is 0. The molecule has 1 saturated heterocycles. The van der Waals surface area contributed by atoms with Crippen molar-refractivity contribution in [3.05, 3.63) is 47.2 Å². The number of thioether (sulfide) groups is 1. The van der Waals surface area contributed by atoms with Crippen molar-refractivity contribution in [3.8, 4) is 0 Å². The van der Waals surface area contributed by atoms with E-state index in [1.807, 2.05) is 12.1 Å². The third kappa shape index (κ3) is 4.55. The summed E-state index contributed by atoms with van der Waals surface area (Å²) in [6.45, 7) is 5.42. The van der Waals surface area contributed by atoms with Gasteiger partial charge in [0.05, 0.1) is 5.97 Å². The monoisotopic (exact) mass is 370 g/mol. The van der Waals surface area contributed by atoms with Crippen molar-refractivity contribution < 1.29 is 9.90 Å². The van der Waals surface area contributed by atoms with Crippen LogP contribution in [0, 0.1) is 0 Å². The SMILES string of the molecule is CCc1cc(N2CCCC[C@H]2C)nc(SCc2ccc(C(=O)[O-])cc2)n1. The molecule has 6 heteroatoms. The first-order chi connectivity index (χ1) is 12.6. The van der Waals surface area contributed by atoms with E-state index < -0.39 is 5.97 Å². The number of aromatic carboxylic acids is 1. The molecule has 0 aliphatic carbocycles. The zero-order chi connectivity index (χ0) is 18.5. The lowest BCUT2D eigenvalue weighted by molar-refractivity contribution is -0.255. The first-order valence-electron chi connectivity index (χ1n) is 9.14. The van der Waals surface area contributed by atoms with Gasteiger partial charge >= 0.3 is 0 Å². The van der Waals surface area contributed by atoms with Crippen molar-refractivity contribution in [3.63, 3.8) is 0 Å². The highest BCUT2D eigenvalue weighted by atomic mass is 32.2. The van der Waals surface area contributed by atoms with E-state index in [9.17, 15) is 9.90 Å². The number of aromatic nitrogens is 2. The Bertz CT molecular complexity index is 764. The molecule has 0 radical (unpaired) electrons. The van der Waals surface area contributed by atoms with Crippen LogP contribution in [0.1, 0.15) is 54.7 Å². The molecule has 0 N–H and O–H groups in total. The summed E-state index contributed by atoms with van der Waals surface area (Å²) in [6.07, 6.45) is 4.58. The first-order valence-corrected chi connectivity index (χ1v) is 10.1. The van der Waals surface area contributed by atoms with Gasteiger partial charge in [-0.2, -0.15) is 0 Å². The number of carboxylic acids is 1. The molecule has 0 saturated carbocycles. The van der Waals surface area contributed by atoms with Gasteiger partial charge in [-0.1, -0.05) is 43.0 Å². The van der Waals surface area contributed by atoms with E-state index in [0.717, 1.165) is 35.2 Å². The summed E-state index contributed by atoms with van der Waals surface area (Å²) in [6, 6.07) is 9.41. The summed E-state index contributed by atoms with van der Waals surface area (Å²) in [5.41, 5.74) is 2.30. The largest absolute Gasteiger partial charge is 0.545 e. The van der Waals surface area contributed by atoms with Crippen molar-refractivity contribution in [2.24, 2.45) is 0 Å². The molecule has 1 aliphatic heterocycles. The minimum absolute atomic E-state index is 0.198. The molecule has 3 rings (SSSR count). The molecular formula is C20H24N3O2S-. The molecule has 1 fully saturated rings. The van der Waals surface area contributed by atoms with E-state index in [1.165, 1.54) is 19.3 Å². The van der Waals surface area contributed by atoms with E-state index in [0.29, 0.717) is 11.8 Å². The molecule has 1 aromatic heterocycles. The minimum Gasteiger partial charge on any atom is -0.545 e. The number of carbonyl (C=O) groups is 1. The number of anilines is 1. The topological polar surface area (TPSA) is 69.2 Å². The van der Waals surface area contributed by atoms with Gasteiger partial charge in [-0.15, -0.1) is 0 Å². The second-order valence-electron chi connectivity index (χ2n) is 6.66. The van der Waals surface area contributed by atoms with Crippen molar-refractivity contribution in [2.75, 3.05) is 11.4 Å². The van der Waals surface area contributed by atoms with Gasteiger partial charge in [0.2, 0.25) is 0 Å². The van der Waals surface area contributed by atoms with Gasteiger partial charge in [0.25, 0.3) is 0 Å². The normalized spacial score (nSPS) is 17.3. The molecule has 2 heterocycles. The molecule has 0 unspecified atom stereocenters. The van der Waals surface area contributed by atoms with Gasteiger partial charge in [-0.05, 0) is 43.7 Å². The zero-order valence-corrected chi connectivity index (χ0v) is 16.1. The van der Waals surface area contributed by atoms with Crippen LogP contribution in [0.2, 0.25) is 0 Å². The molecule has 2 aromatic rings. The van der Waals surface area contributed by atoms with Gasteiger partial charge in [-0.3, -0.25) is 0 Å². The lowest BCUT2D eigenvalue weighted by Crippen LogP contribution is -2.38. The lowest BCUT2D eigenvalue weighted by atomic mass is 10.0. The highest BCUT2D eigenvalue weighted by Gasteiger charge is 2.20. The molecule has 1 aromatic carbocycles. The summed E-state index contributed by atoms with van der Waals surface area (Å²) in [7, 11) is 0. The Labute approximate surface area is 158 Å². The summed E-state index contributed by atoms with van der Waals surface area (Å²) < 4.78 is 0. The van der Waals surface area contributed by atoms with Crippen LogP contribution in [0.5, 0.6) is 0 Å². The van der Waals surface area contributed by atoms with Crippen LogP contribution < -0.4 is 10.0 Å². The van der Waals surface area contributed by atoms with Gasteiger partial charge in [-0.25, -0.2) is 9.97 Å². The van der Waals surface area contributed by atoms with Crippen LogP contribution in [0.25, 0.3) is 0 Å². The third-order valence-corrected chi connectivity index (χ3v) is 5.68. The predicted octanol–water partition coefficient (Wildman–Crippen LogP) is 3.07. The van der Waals surface area contributed by atoms with Crippen LogP contribution in [-0.4, -0.2) is 28.5 Å². The summed E-state index contributed by atoms with van der Waals surface area (Å²) in [4.78, 5) is 22.7. The van der Waals surface area contributed by atoms with E-state index in [-0.39, 0.29) is 5.56 Å². The molecule has 1 aliphatic rings. The molecule has 138 valence electrons. The summed E-state index contributed by atoms with van der Waals surface area (Å²) >= 11 is 1.58. The summed E-state index contributed by atoms with van der Waals surface area (Å²) in [5.74, 6) is 0.581. The average Bonchev–Trinajstić information content (AvgIpc) is 2.66. The zero-order valence-electron chi connectivity index (χ0n) is 15.3. The van der Waals surface area contributed by atoms with Crippen molar-refractivity contribution in [2.45, 2.75) is 56.5 Å². The van der Waals surface area contributed by atoms with Crippen LogP contribution in [0.15, 0.2) is 35.5 Å². The maximum Gasteiger partial charge on any atom is 0.190 e. The number of benzene rings is 1. The lowest BCUT2D eigenvalue weighted by Gasteiger charge is -2.34.